The van der Waals surface area contributed by atoms with Crippen molar-refractivity contribution in [2.24, 2.45) is 0 Å². The maximum absolute atomic E-state index is 5.61. The molecule has 0 bridgehead atoms. The standard InChI is InChI=1S/C15H20N2O2/c1-3-16-12(2)10-13-4-6-14(7-5-13)18-11-15-8-9-17-19-15/h4-9,12,16H,3,10-11H2,1-2H3. The summed E-state index contributed by atoms with van der Waals surface area (Å²) in [5.41, 5.74) is 1.31. The van der Waals surface area contributed by atoms with Crippen LogP contribution in [0.2, 0.25) is 0 Å². The Morgan fingerprint density at radius 1 is 1.26 bits per heavy atom. The summed E-state index contributed by atoms with van der Waals surface area (Å²) in [5.74, 6) is 1.57. The normalized spacial score (nSPS) is 12.3. The van der Waals surface area contributed by atoms with Crippen molar-refractivity contribution in [3.05, 3.63) is 47.9 Å². The zero-order chi connectivity index (χ0) is 13.5. The topological polar surface area (TPSA) is 47.3 Å². The molecule has 0 aliphatic rings. The third-order valence-electron chi connectivity index (χ3n) is 2.89. The van der Waals surface area contributed by atoms with Gasteiger partial charge in [0.05, 0.1) is 6.20 Å². The van der Waals surface area contributed by atoms with Crippen LogP contribution in [0, 0.1) is 0 Å². The van der Waals surface area contributed by atoms with Gasteiger partial charge in [-0.05, 0) is 37.6 Å². The average molecular weight is 260 g/mol. The first-order chi connectivity index (χ1) is 9.28. The molecule has 0 radical (unpaired) electrons. The van der Waals surface area contributed by atoms with E-state index in [1.165, 1.54) is 5.56 Å². The van der Waals surface area contributed by atoms with Gasteiger partial charge in [-0.15, -0.1) is 0 Å². The van der Waals surface area contributed by atoms with Crippen LogP contribution in [-0.4, -0.2) is 17.7 Å². The molecule has 1 heterocycles. The van der Waals surface area contributed by atoms with Gasteiger partial charge in [-0.2, -0.15) is 0 Å². The van der Waals surface area contributed by atoms with Gasteiger partial charge in [0.25, 0.3) is 0 Å². The van der Waals surface area contributed by atoms with Gasteiger partial charge in [-0.25, -0.2) is 0 Å². The minimum absolute atomic E-state index is 0.410. The molecule has 1 atom stereocenters. The lowest BCUT2D eigenvalue weighted by atomic mass is 10.1. The van der Waals surface area contributed by atoms with E-state index in [-0.39, 0.29) is 0 Å². The van der Waals surface area contributed by atoms with E-state index in [0.29, 0.717) is 12.6 Å². The van der Waals surface area contributed by atoms with Crippen molar-refractivity contribution in [3.63, 3.8) is 0 Å². The number of rotatable bonds is 7. The van der Waals surface area contributed by atoms with E-state index in [0.717, 1.165) is 24.5 Å². The van der Waals surface area contributed by atoms with Crippen LogP contribution in [0.25, 0.3) is 0 Å². The Labute approximate surface area is 113 Å². The van der Waals surface area contributed by atoms with Gasteiger partial charge in [-0.1, -0.05) is 24.2 Å². The molecule has 0 amide bonds. The first-order valence-corrected chi connectivity index (χ1v) is 6.62. The minimum atomic E-state index is 0.410. The molecule has 1 aromatic heterocycles. The molecule has 0 spiro atoms. The first kappa shape index (κ1) is 13.6. The summed E-state index contributed by atoms with van der Waals surface area (Å²) >= 11 is 0. The Bertz CT molecular complexity index is 465. The van der Waals surface area contributed by atoms with Crippen LogP contribution < -0.4 is 10.1 Å². The van der Waals surface area contributed by atoms with Crippen LogP contribution in [0.15, 0.2) is 41.1 Å². The molecule has 102 valence electrons. The molecule has 1 aromatic carbocycles. The smallest absolute Gasteiger partial charge is 0.174 e. The molecular weight excluding hydrogens is 240 g/mol. The molecule has 2 aromatic rings. The molecule has 4 nitrogen and oxygen atoms in total. The second-order valence-electron chi connectivity index (χ2n) is 4.57. The molecule has 0 fully saturated rings. The molecule has 2 rings (SSSR count). The summed E-state index contributed by atoms with van der Waals surface area (Å²) < 4.78 is 10.6. The van der Waals surface area contributed by atoms with Gasteiger partial charge in [0.15, 0.2) is 5.76 Å². The molecule has 0 saturated carbocycles. The Morgan fingerprint density at radius 3 is 2.68 bits per heavy atom. The van der Waals surface area contributed by atoms with Crippen LogP contribution in [0.4, 0.5) is 0 Å². The Hall–Kier alpha value is -1.81. The van der Waals surface area contributed by atoms with E-state index in [4.69, 9.17) is 9.26 Å². The number of benzene rings is 1. The van der Waals surface area contributed by atoms with E-state index >= 15 is 0 Å². The van der Waals surface area contributed by atoms with Crippen molar-refractivity contribution in [1.82, 2.24) is 10.5 Å². The second-order valence-corrected chi connectivity index (χ2v) is 4.57. The van der Waals surface area contributed by atoms with Gasteiger partial charge in [-0.3, -0.25) is 0 Å². The van der Waals surface area contributed by atoms with Gasteiger partial charge >= 0.3 is 0 Å². The lowest BCUT2D eigenvalue weighted by Crippen LogP contribution is -2.27. The lowest BCUT2D eigenvalue weighted by Gasteiger charge is -2.12. The Balaban J connectivity index is 1.84. The maximum Gasteiger partial charge on any atom is 0.174 e. The van der Waals surface area contributed by atoms with Crippen molar-refractivity contribution < 1.29 is 9.26 Å². The van der Waals surface area contributed by atoms with Crippen LogP contribution in [-0.2, 0) is 13.0 Å². The Morgan fingerprint density at radius 2 is 2.05 bits per heavy atom. The zero-order valence-electron chi connectivity index (χ0n) is 11.4. The SMILES string of the molecule is CCNC(C)Cc1ccc(OCc2ccno2)cc1. The average Bonchev–Trinajstić information content (AvgIpc) is 2.91. The summed E-state index contributed by atoms with van der Waals surface area (Å²) in [5, 5.41) is 7.04. The highest BCUT2D eigenvalue weighted by atomic mass is 16.5. The minimum Gasteiger partial charge on any atom is -0.486 e. The largest absolute Gasteiger partial charge is 0.486 e. The molecule has 0 aliphatic carbocycles. The molecule has 1 unspecified atom stereocenters. The number of hydrogen-bond donors (Lipinski definition) is 1. The van der Waals surface area contributed by atoms with E-state index in [1.54, 1.807) is 12.3 Å². The van der Waals surface area contributed by atoms with Crippen LogP contribution in [0.5, 0.6) is 5.75 Å². The van der Waals surface area contributed by atoms with Gasteiger partial charge in [0.2, 0.25) is 0 Å². The summed E-state index contributed by atoms with van der Waals surface area (Å²) in [7, 11) is 0. The predicted molar refractivity (Wildman–Crippen MR) is 74.1 cm³/mol. The van der Waals surface area contributed by atoms with Crippen molar-refractivity contribution >= 4 is 0 Å². The lowest BCUT2D eigenvalue weighted by molar-refractivity contribution is 0.249. The number of ether oxygens (including phenoxy) is 1. The fourth-order valence-corrected chi connectivity index (χ4v) is 1.97. The first-order valence-electron chi connectivity index (χ1n) is 6.62. The molecule has 0 saturated heterocycles. The Kier molecular flexibility index (Phi) is 4.98. The van der Waals surface area contributed by atoms with Crippen molar-refractivity contribution in [2.75, 3.05) is 6.54 Å². The van der Waals surface area contributed by atoms with Gasteiger partial charge in [0.1, 0.15) is 12.4 Å². The van der Waals surface area contributed by atoms with Crippen molar-refractivity contribution in [3.8, 4) is 5.75 Å². The monoisotopic (exact) mass is 260 g/mol. The van der Waals surface area contributed by atoms with Gasteiger partial charge < -0.3 is 14.6 Å². The third-order valence-corrected chi connectivity index (χ3v) is 2.89. The number of nitrogens with zero attached hydrogens (tertiary/aromatic N) is 1. The van der Waals surface area contributed by atoms with Crippen LogP contribution in [0.3, 0.4) is 0 Å². The fraction of sp³-hybridized carbons (Fsp3) is 0.400. The molecule has 19 heavy (non-hydrogen) atoms. The molecular formula is C15H20N2O2. The number of aromatic nitrogens is 1. The predicted octanol–water partition coefficient (Wildman–Crippen LogP) is 2.79. The summed E-state index contributed by atoms with van der Waals surface area (Å²) in [6.07, 6.45) is 2.64. The fourth-order valence-electron chi connectivity index (χ4n) is 1.97. The zero-order valence-corrected chi connectivity index (χ0v) is 11.4. The van der Waals surface area contributed by atoms with Crippen molar-refractivity contribution in [2.45, 2.75) is 32.9 Å². The highest BCUT2D eigenvalue weighted by molar-refractivity contribution is 5.27. The summed E-state index contributed by atoms with van der Waals surface area (Å²) in [4.78, 5) is 0. The van der Waals surface area contributed by atoms with E-state index in [2.05, 4.69) is 36.5 Å². The third kappa shape index (κ3) is 4.41. The highest BCUT2D eigenvalue weighted by Crippen LogP contribution is 2.15. The van der Waals surface area contributed by atoms with Crippen molar-refractivity contribution in [1.29, 1.82) is 0 Å². The van der Waals surface area contributed by atoms with Gasteiger partial charge in [0, 0.05) is 12.1 Å². The molecule has 0 aliphatic heterocycles. The van der Waals surface area contributed by atoms with Crippen LogP contribution in [0.1, 0.15) is 25.2 Å². The molecule has 4 heteroatoms. The number of likely N-dealkylation sites (N-methyl/N-ethyl adjacent to an activating group) is 1. The molecule has 1 N–H and O–H groups in total. The van der Waals surface area contributed by atoms with E-state index in [9.17, 15) is 0 Å². The number of nitrogens with one attached hydrogen (secondary N) is 1. The van der Waals surface area contributed by atoms with E-state index < -0.39 is 0 Å². The summed E-state index contributed by atoms with van der Waals surface area (Å²) in [6, 6.07) is 10.5. The summed E-state index contributed by atoms with van der Waals surface area (Å²) in [6.45, 7) is 5.72. The quantitative estimate of drug-likeness (QED) is 0.831. The number of hydrogen-bond acceptors (Lipinski definition) is 4. The van der Waals surface area contributed by atoms with Crippen LogP contribution >= 0.6 is 0 Å². The highest BCUT2D eigenvalue weighted by Gasteiger charge is 2.03. The second kappa shape index (κ2) is 6.95. The van der Waals surface area contributed by atoms with E-state index in [1.807, 2.05) is 12.1 Å². The maximum atomic E-state index is 5.61.